The van der Waals surface area contributed by atoms with Crippen LogP contribution in [0, 0.1) is 11.3 Å². The first-order valence-electron chi connectivity index (χ1n) is 8.73. The zero-order valence-corrected chi connectivity index (χ0v) is 17.5. The number of methoxy groups -OCH3 is 1. The molecule has 2 aromatic rings. The highest BCUT2D eigenvalue weighted by atomic mass is 35.5. The number of rotatable bonds is 4. The van der Waals surface area contributed by atoms with Gasteiger partial charge in [0.15, 0.2) is 0 Å². The van der Waals surface area contributed by atoms with Crippen molar-refractivity contribution in [1.82, 2.24) is 4.57 Å². The van der Waals surface area contributed by atoms with Crippen LogP contribution in [0.1, 0.15) is 18.4 Å². The molecule has 1 aliphatic rings. The number of halogens is 1. The van der Waals surface area contributed by atoms with Crippen molar-refractivity contribution in [2.45, 2.75) is 12.8 Å². The summed E-state index contributed by atoms with van der Waals surface area (Å²) >= 11 is 7.23. The van der Waals surface area contributed by atoms with E-state index in [4.69, 9.17) is 22.1 Å². The normalized spacial score (nSPS) is 16.1. The number of esters is 2. The van der Waals surface area contributed by atoms with Crippen LogP contribution in [-0.4, -0.2) is 30.2 Å². The van der Waals surface area contributed by atoms with Crippen molar-refractivity contribution < 1.29 is 19.1 Å². The third-order valence-corrected chi connectivity index (χ3v) is 5.88. The second-order valence-electron chi connectivity index (χ2n) is 6.08. The van der Waals surface area contributed by atoms with Crippen molar-refractivity contribution in [3.8, 4) is 6.07 Å². The second kappa shape index (κ2) is 8.57. The van der Waals surface area contributed by atoms with E-state index in [-0.39, 0.29) is 32.8 Å². The monoisotopic (exact) mass is 445 g/mol. The summed E-state index contributed by atoms with van der Waals surface area (Å²) in [6, 6.07) is 8.71. The molecular weight excluding hydrogens is 430 g/mol. The summed E-state index contributed by atoms with van der Waals surface area (Å²) in [4.78, 5) is 37.5. The maximum Gasteiger partial charge on any atom is 0.338 e. The lowest BCUT2D eigenvalue weighted by Gasteiger charge is -2.25. The molecule has 0 saturated carbocycles. The van der Waals surface area contributed by atoms with Gasteiger partial charge in [-0.25, -0.2) is 9.59 Å². The summed E-state index contributed by atoms with van der Waals surface area (Å²) in [5.74, 6) is -2.54. The van der Waals surface area contributed by atoms with Gasteiger partial charge in [0.05, 0.1) is 36.9 Å². The van der Waals surface area contributed by atoms with Crippen molar-refractivity contribution in [2.75, 3.05) is 13.7 Å². The molecule has 2 N–H and O–H groups in total. The molecule has 0 saturated heterocycles. The van der Waals surface area contributed by atoms with Crippen LogP contribution in [0.3, 0.4) is 0 Å². The van der Waals surface area contributed by atoms with Crippen molar-refractivity contribution in [1.29, 1.82) is 5.26 Å². The van der Waals surface area contributed by atoms with Crippen LogP contribution in [-0.2, 0) is 19.1 Å². The van der Waals surface area contributed by atoms with E-state index in [0.717, 1.165) is 22.0 Å². The summed E-state index contributed by atoms with van der Waals surface area (Å²) in [5.41, 5.74) is 6.02. The van der Waals surface area contributed by atoms with Crippen LogP contribution in [0.5, 0.6) is 0 Å². The Morgan fingerprint density at radius 2 is 2.10 bits per heavy atom. The molecule has 1 aromatic heterocycles. The number of benzene rings is 1. The molecule has 0 spiro atoms. The van der Waals surface area contributed by atoms with Gasteiger partial charge in [-0.3, -0.25) is 9.36 Å². The average Bonchev–Trinajstić information content (AvgIpc) is 3.04. The Balaban J connectivity index is 2.50. The van der Waals surface area contributed by atoms with Gasteiger partial charge in [-0.2, -0.15) is 5.26 Å². The van der Waals surface area contributed by atoms with Crippen LogP contribution in [0.2, 0.25) is 5.02 Å². The van der Waals surface area contributed by atoms with Crippen LogP contribution >= 0.6 is 22.9 Å². The first-order valence-corrected chi connectivity index (χ1v) is 9.92. The number of hydrogen-bond acceptors (Lipinski definition) is 8. The molecule has 0 fully saturated rings. The minimum absolute atomic E-state index is 0.00121. The van der Waals surface area contributed by atoms with Crippen molar-refractivity contribution in [3.05, 3.63) is 60.0 Å². The molecule has 0 amide bonds. The van der Waals surface area contributed by atoms with Gasteiger partial charge < -0.3 is 15.2 Å². The zero-order chi connectivity index (χ0) is 22.0. The molecule has 3 rings (SSSR count). The highest BCUT2D eigenvalue weighted by Gasteiger charge is 2.37. The number of ether oxygens (including phenoxy) is 2. The van der Waals surface area contributed by atoms with Crippen molar-refractivity contribution in [2.24, 2.45) is 5.73 Å². The molecule has 0 unspecified atom stereocenters. The topological polar surface area (TPSA) is 124 Å². The predicted octanol–water partition coefficient (Wildman–Crippen LogP) is 0.679. The summed E-state index contributed by atoms with van der Waals surface area (Å²) < 4.78 is 11.0. The summed E-state index contributed by atoms with van der Waals surface area (Å²) in [7, 11) is 1.18. The third-order valence-electron chi connectivity index (χ3n) is 4.43. The predicted molar refractivity (Wildman–Crippen MR) is 112 cm³/mol. The lowest BCUT2D eigenvalue weighted by atomic mass is 9.84. The number of carbonyl (C=O) groups excluding carboxylic acids is 2. The Hall–Kier alpha value is -3.35. The average molecular weight is 446 g/mol. The second-order valence-corrected chi connectivity index (χ2v) is 7.52. The van der Waals surface area contributed by atoms with Crippen LogP contribution in [0.25, 0.3) is 17.5 Å². The van der Waals surface area contributed by atoms with Gasteiger partial charge in [0, 0.05) is 11.1 Å². The smallest absolute Gasteiger partial charge is 0.338 e. The maximum absolute atomic E-state index is 12.9. The highest BCUT2D eigenvalue weighted by Crippen LogP contribution is 2.39. The number of nitrogens with two attached hydrogens (primary N) is 1. The molecule has 0 bridgehead atoms. The van der Waals surface area contributed by atoms with E-state index in [2.05, 4.69) is 4.74 Å². The molecule has 30 heavy (non-hydrogen) atoms. The lowest BCUT2D eigenvalue weighted by molar-refractivity contribution is -0.136. The minimum Gasteiger partial charge on any atom is -0.466 e. The fourth-order valence-corrected chi connectivity index (χ4v) is 4.51. The number of aromatic nitrogens is 1. The molecule has 1 aromatic carbocycles. The van der Waals surface area contributed by atoms with Gasteiger partial charge in [-0.15, -0.1) is 11.3 Å². The van der Waals surface area contributed by atoms with E-state index in [1.807, 2.05) is 6.07 Å². The Labute approximate surface area is 179 Å². The van der Waals surface area contributed by atoms with Crippen LogP contribution < -0.4 is 20.5 Å². The van der Waals surface area contributed by atoms with Crippen LogP contribution in [0.4, 0.5) is 0 Å². The largest absolute Gasteiger partial charge is 0.466 e. The minimum atomic E-state index is -0.938. The van der Waals surface area contributed by atoms with E-state index >= 15 is 0 Å². The number of nitrogens with zero attached hydrogens (tertiary/aromatic N) is 2. The van der Waals surface area contributed by atoms with Gasteiger partial charge in [-0.1, -0.05) is 29.8 Å². The van der Waals surface area contributed by atoms with Gasteiger partial charge in [0.1, 0.15) is 15.0 Å². The zero-order valence-electron chi connectivity index (χ0n) is 16.0. The standard InChI is InChI=1S/C20H16ClN3O5S/c1-3-29-20(27)16-15(10-6-4-5-7-12(10)21)11(9-22)17(23)24-18(26)13(30-19(16)24)8-14(25)28-2/h4-8,15H,3,23H2,1-2H3/b13-8-/t15-/m0/s1. The molecule has 154 valence electrons. The number of allylic oxidation sites excluding steroid dienone is 1. The first-order chi connectivity index (χ1) is 14.3. The number of hydrogen-bond donors (Lipinski definition) is 1. The van der Waals surface area contributed by atoms with Gasteiger partial charge >= 0.3 is 11.9 Å². The van der Waals surface area contributed by atoms with Crippen LogP contribution in [0.15, 0.2) is 34.6 Å². The molecule has 0 aliphatic carbocycles. The van der Waals surface area contributed by atoms with Gasteiger partial charge in [0.2, 0.25) is 0 Å². The number of thiazole rings is 1. The van der Waals surface area contributed by atoms with E-state index in [0.29, 0.717) is 10.6 Å². The Morgan fingerprint density at radius 1 is 1.40 bits per heavy atom. The fourth-order valence-electron chi connectivity index (χ4n) is 3.14. The van der Waals surface area contributed by atoms with E-state index in [1.165, 1.54) is 7.11 Å². The lowest BCUT2D eigenvalue weighted by Crippen LogP contribution is -2.40. The summed E-state index contributed by atoms with van der Waals surface area (Å²) in [6.07, 6.45) is 1.00. The van der Waals surface area contributed by atoms with E-state index < -0.39 is 23.4 Å². The SMILES string of the molecule is CCOC(=O)C1=c2s/c(=C\C(=O)OC)c(=O)n2C(N)=C(C#N)[C@@H]1c1ccccc1Cl. The molecule has 10 heteroatoms. The number of fused-ring (bicyclic) bond motifs is 1. The maximum atomic E-state index is 12.9. The quantitative estimate of drug-likeness (QED) is 0.686. The molecule has 8 nitrogen and oxygen atoms in total. The number of nitriles is 1. The first kappa shape index (κ1) is 21.4. The summed E-state index contributed by atoms with van der Waals surface area (Å²) in [5, 5.41) is 10.1. The Morgan fingerprint density at radius 3 is 2.70 bits per heavy atom. The van der Waals surface area contributed by atoms with Crippen molar-refractivity contribution in [3.63, 3.8) is 0 Å². The van der Waals surface area contributed by atoms with Gasteiger partial charge in [-0.05, 0) is 18.6 Å². The van der Waals surface area contributed by atoms with Gasteiger partial charge in [0.25, 0.3) is 5.56 Å². The van der Waals surface area contributed by atoms with E-state index in [1.54, 1.807) is 31.2 Å². The molecule has 1 atom stereocenters. The van der Waals surface area contributed by atoms with Crippen molar-refractivity contribution >= 4 is 52.3 Å². The van der Waals surface area contributed by atoms with E-state index in [9.17, 15) is 19.6 Å². The molecule has 0 radical (unpaired) electrons. The Kier molecular flexibility index (Phi) is 6.10. The molecule has 2 heterocycles. The molecular formula is C20H16ClN3O5S. The molecule has 1 aliphatic heterocycles. The third kappa shape index (κ3) is 3.51. The number of carbonyl (C=O) groups is 2. The highest BCUT2D eigenvalue weighted by molar-refractivity contribution is 7.07. The summed E-state index contributed by atoms with van der Waals surface area (Å²) in [6.45, 7) is 1.72. The Bertz CT molecular complexity index is 1300. The fraction of sp³-hybridized carbons (Fsp3) is 0.200.